The van der Waals surface area contributed by atoms with Crippen LogP contribution in [0.2, 0.25) is 0 Å². The quantitative estimate of drug-likeness (QED) is 0.199. The Labute approximate surface area is 226 Å². The molecular weight excluding hydrogens is 472 g/mol. The first-order valence-corrected chi connectivity index (χ1v) is 13.1. The van der Waals surface area contributed by atoms with Gasteiger partial charge in [0.05, 0.1) is 0 Å². The molecule has 1 aliphatic rings. The molecule has 1 aliphatic carbocycles. The third-order valence-electron chi connectivity index (χ3n) is 6.97. The van der Waals surface area contributed by atoms with Gasteiger partial charge in [0.15, 0.2) is 0 Å². The van der Waals surface area contributed by atoms with Gasteiger partial charge in [0.25, 0.3) is 5.60 Å². The highest BCUT2D eigenvalue weighted by Crippen LogP contribution is 2.40. The van der Waals surface area contributed by atoms with E-state index in [0.29, 0.717) is 11.3 Å². The van der Waals surface area contributed by atoms with Crippen LogP contribution in [0.5, 0.6) is 5.75 Å². The summed E-state index contributed by atoms with van der Waals surface area (Å²) in [4.78, 5) is 26.2. The fourth-order valence-electron chi connectivity index (χ4n) is 4.85. The first-order chi connectivity index (χ1) is 18.1. The minimum absolute atomic E-state index is 0.186. The van der Waals surface area contributed by atoms with Gasteiger partial charge >= 0.3 is 5.97 Å². The number of hydrogen-bond donors (Lipinski definition) is 1. The van der Waals surface area contributed by atoms with E-state index in [1.54, 1.807) is 73.7 Å². The van der Waals surface area contributed by atoms with Crippen LogP contribution < -0.4 is 4.74 Å². The molecule has 2 aromatic rings. The van der Waals surface area contributed by atoms with E-state index in [2.05, 4.69) is 32.9 Å². The smallest absolute Gasteiger partial charge is 0.361 e. The van der Waals surface area contributed by atoms with Crippen LogP contribution >= 0.6 is 0 Å². The molecule has 0 radical (unpaired) electrons. The molecule has 3 rings (SSSR count). The van der Waals surface area contributed by atoms with Gasteiger partial charge in [-0.05, 0) is 74.8 Å². The van der Waals surface area contributed by atoms with Crippen molar-refractivity contribution in [1.29, 1.82) is 0 Å². The first kappa shape index (κ1) is 28.6. The van der Waals surface area contributed by atoms with E-state index in [9.17, 15) is 14.7 Å². The Kier molecular flexibility index (Phi) is 9.46. The second kappa shape index (κ2) is 12.6. The molecular formula is C34H38O4. The molecule has 1 unspecified atom stereocenters. The number of rotatable bonds is 10. The summed E-state index contributed by atoms with van der Waals surface area (Å²) in [5.74, 6) is -1.74. The van der Waals surface area contributed by atoms with Crippen molar-refractivity contribution in [2.75, 3.05) is 0 Å². The fourth-order valence-corrected chi connectivity index (χ4v) is 4.85. The van der Waals surface area contributed by atoms with Gasteiger partial charge in [-0.1, -0.05) is 104 Å². The highest BCUT2D eigenvalue weighted by Gasteiger charge is 2.49. The van der Waals surface area contributed by atoms with Crippen molar-refractivity contribution in [3.05, 3.63) is 125 Å². The van der Waals surface area contributed by atoms with Crippen molar-refractivity contribution in [1.82, 2.24) is 0 Å². The monoisotopic (exact) mass is 510 g/mol. The summed E-state index contributed by atoms with van der Waals surface area (Å²) < 4.78 is 5.93. The van der Waals surface area contributed by atoms with Gasteiger partial charge in [0.1, 0.15) is 5.75 Å². The van der Waals surface area contributed by atoms with Gasteiger partial charge in [0.2, 0.25) is 5.78 Å². The Morgan fingerprint density at radius 1 is 0.947 bits per heavy atom. The molecule has 0 aromatic heterocycles. The average Bonchev–Trinajstić information content (AvgIpc) is 2.87. The van der Waals surface area contributed by atoms with Gasteiger partial charge in [0, 0.05) is 5.56 Å². The molecule has 0 amide bonds. The summed E-state index contributed by atoms with van der Waals surface area (Å²) >= 11 is 0. The Morgan fingerprint density at radius 2 is 1.58 bits per heavy atom. The fraction of sp³-hybridized carbons (Fsp3) is 0.294. The van der Waals surface area contributed by atoms with Crippen molar-refractivity contribution in [2.24, 2.45) is 5.41 Å². The number of ether oxygens (including phenoxy) is 1. The van der Waals surface area contributed by atoms with E-state index in [1.807, 2.05) is 19.1 Å². The number of carboxylic acid groups (broad SMARTS) is 1. The maximum atomic E-state index is 13.5. The summed E-state index contributed by atoms with van der Waals surface area (Å²) in [6.45, 7) is 10.6. The zero-order valence-corrected chi connectivity index (χ0v) is 23.0. The van der Waals surface area contributed by atoms with Crippen LogP contribution in [0.1, 0.15) is 59.4 Å². The Balaban J connectivity index is 1.85. The molecule has 1 N–H and O–H groups in total. The van der Waals surface area contributed by atoms with Crippen molar-refractivity contribution in [3.8, 4) is 5.75 Å². The number of carbonyl (C=O) groups is 2. The molecule has 1 atom stereocenters. The van der Waals surface area contributed by atoms with Gasteiger partial charge in [-0.15, -0.1) is 0 Å². The van der Waals surface area contributed by atoms with Crippen LogP contribution in [0, 0.1) is 5.41 Å². The molecule has 2 aromatic carbocycles. The molecule has 0 spiro atoms. The molecule has 0 saturated heterocycles. The lowest BCUT2D eigenvalue weighted by Crippen LogP contribution is -2.48. The zero-order valence-electron chi connectivity index (χ0n) is 23.0. The maximum absolute atomic E-state index is 13.5. The molecule has 0 heterocycles. The van der Waals surface area contributed by atoms with Crippen LogP contribution in [-0.4, -0.2) is 16.9 Å². The lowest BCUT2D eigenvalue weighted by Gasteiger charge is -2.32. The third kappa shape index (κ3) is 6.89. The van der Waals surface area contributed by atoms with Crippen LogP contribution in [-0.2, 0) is 15.2 Å². The molecule has 0 bridgehead atoms. The largest absolute Gasteiger partial charge is 0.478 e. The predicted octanol–water partition coefficient (Wildman–Crippen LogP) is 8.15. The Morgan fingerprint density at radius 3 is 2.18 bits per heavy atom. The molecule has 0 aliphatic heterocycles. The van der Waals surface area contributed by atoms with E-state index in [1.165, 1.54) is 30.1 Å². The Bertz CT molecular complexity index is 1290. The molecule has 198 valence electrons. The number of aliphatic carboxylic acids is 1. The molecule has 4 heteroatoms. The van der Waals surface area contributed by atoms with E-state index in [0.717, 1.165) is 12.0 Å². The van der Waals surface area contributed by atoms with Crippen LogP contribution in [0.4, 0.5) is 0 Å². The molecule has 0 saturated carbocycles. The number of hydrogen-bond acceptors (Lipinski definition) is 3. The maximum Gasteiger partial charge on any atom is 0.361 e. The number of benzene rings is 2. The van der Waals surface area contributed by atoms with Crippen LogP contribution in [0.15, 0.2) is 119 Å². The number of carbonyl (C=O) groups excluding carboxylic acids is 1. The van der Waals surface area contributed by atoms with Crippen LogP contribution in [0.25, 0.3) is 0 Å². The number of carboxylic acids is 1. The van der Waals surface area contributed by atoms with Crippen molar-refractivity contribution >= 4 is 11.8 Å². The first-order valence-electron chi connectivity index (χ1n) is 13.1. The summed E-state index contributed by atoms with van der Waals surface area (Å²) in [5.41, 5.74) is 2.80. The highest BCUT2D eigenvalue weighted by molar-refractivity contribution is 6.13. The van der Waals surface area contributed by atoms with Crippen molar-refractivity contribution in [3.63, 3.8) is 0 Å². The minimum atomic E-state index is -2.20. The summed E-state index contributed by atoms with van der Waals surface area (Å²) in [5, 5.41) is 10.3. The van der Waals surface area contributed by atoms with Gasteiger partial charge < -0.3 is 9.84 Å². The average molecular weight is 511 g/mol. The van der Waals surface area contributed by atoms with E-state index >= 15 is 0 Å². The highest BCUT2D eigenvalue weighted by atomic mass is 16.5. The normalized spacial score (nSPS) is 18.0. The van der Waals surface area contributed by atoms with Gasteiger partial charge in [-0.25, -0.2) is 4.79 Å². The summed E-state index contributed by atoms with van der Waals surface area (Å²) in [6.07, 6.45) is 14.9. The van der Waals surface area contributed by atoms with Gasteiger partial charge in [-0.2, -0.15) is 0 Å². The van der Waals surface area contributed by atoms with E-state index in [4.69, 9.17) is 4.74 Å². The van der Waals surface area contributed by atoms with Gasteiger partial charge in [-0.3, -0.25) is 4.79 Å². The number of para-hydroxylation sites is 1. The summed E-state index contributed by atoms with van der Waals surface area (Å²) in [7, 11) is 0. The molecule has 38 heavy (non-hydrogen) atoms. The van der Waals surface area contributed by atoms with Crippen LogP contribution in [0.3, 0.4) is 0 Å². The number of allylic oxidation sites excluding steroid dienone is 9. The lowest BCUT2D eigenvalue weighted by molar-refractivity contribution is -0.161. The second-order valence-corrected chi connectivity index (χ2v) is 10.6. The topological polar surface area (TPSA) is 63.6 Å². The number of ketones is 1. The predicted molar refractivity (Wildman–Crippen MR) is 154 cm³/mol. The van der Waals surface area contributed by atoms with Crippen molar-refractivity contribution in [2.45, 2.75) is 59.5 Å². The van der Waals surface area contributed by atoms with Crippen molar-refractivity contribution < 1.29 is 19.4 Å². The lowest BCUT2D eigenvalue weighted by atomic mass is 9.72. The molecule has 0 fully saturated rings. The zero-order chi connectivity index (χ0) is 27.8. The Hall–Kier alpha value is -3.92. The SMILES string of the molecule is CC1=C(/C=C/C(C)=C/C=C/C(C)=C/C(=O)C(Oc2ccccc2)(C(=O)O)c2ccccc2)C(C)(C)CCC1. The third-order valence-corrected chi connectivity index (χ3v) is 6.97. The standard InChI is InChI=1S/C34H38O4/c1-25(21-22-30-27(3)16-13-23-33(30,4)5)14-12-15-26(2)24-31(35)34(32(36)37,28-17-8-6-9-18-28)38-29-19-10-7-11-20-29/h6-12,14-15,17-22,24H,13,16,23H2,1-5H3,(H,36,37)/b15-12+,22-21+,25-14+,26-24+. The van der Waals surface area contributed by atoms with E-state index in [-0.39, 0.29) is 11.0 Å². The van der Waals surface area contributed by atoms with E-state index < -0.39 is 17.4 Å². The molecule has 4 nitrogen and oxygen atoms in total. The summed E-state index contributed by atoms with van der Waals surface area (Å²) in [6, 6.07) is 16.9. The minimum Gasteiger partial charge on any atom is -0.478 e. The second-order valence-electron chi connectivity index (χ2n) is 10.6.